The van der Waals surface area contributed by atoms with Crippen molar-refractivity contribution in [2.24, 2.45) is 28.2 Å². The lowest BCUT2D eigenvalue weighted by Gasteiger charge is -2.55. The fourth-order valence-electron chi connectivity index (χ4n) is 6.44. The van der Waals surface area contributed by atoms with Crippen molar-refractivity contribution in [2.45, 2.75) is 56.9 Å². The molecule has 4 aliphatic carbocycles. The van der Waals surface area contributed by atoms with Crippen LogP contribution in [0, 0.1) is 23.2 Å². The Bertz CT molecular complexity index is 1240. The highest BCUT2D eigenvalue weighted by molar-refractivity contribution is 7.90. The molecule has 0 radical (unpaired) electrons. The van der Waals surface area contributed by atoms with Crippen molar-refractivity contribution >= 4 is 43.3 Å². The van der Waals surface area contributed by atoms with E-state index in [-0.39, 0.29) is 29.4 Å². The van der Waals surface area contributed by atoms with E-state index in [1.54, 1.807) is 23.6 Å². The molecule has 0 saturated heterocycles. The fourth-order valence-corrected chi connectivity index (χ4v) is 8.22. The molecule has 9 heteroatoms. The zero-order chi connectivity index (χ0) is 22.7. The van der Waals surface area contributed by atoms with Gasteiger partial charge in [0.25, 0.3) is 5.91 Å². The number of fused-ring (bicyclic) bond motifs is 1. The molecule has 4 saturated carbocycles. The molecule has 1 amide bonds. The highest BCUT2D eigenvalue weighted by Gasteiger charge is 2.54. The maximum atomic E-state index is 13.5. The van der Waals surface area contributed by atoms with Crippen molar-refractivity contribution in [3.05, 3.63) is 23.0 Å². The number of rotatable bonds is 5. The van der Waals surface area contributed by atoms with E-state index in [2.05, 4.69) is 4.99 Å². The Morgan fingerprint density at radius 1 is 1.16 bits per heavy atom. The van der Waals surface area contributed by atoms with Crippen LogP contribution in [0.3, 0.4) is 0 Å². The summed E-state index contributed by atoms with van der Waals surface area (Å²) in [6, 6.07) is 4.79. The molecule has 1 aromatic heterocycles. The van der Waals surface area contributed by atoms with Crippen molar-refractivity contribution in [1.82, 2.24) is 4.57 Å². The van der Waals surface area contributed by atoms with E-state index in [1.807, 2.05) is 0 Å². The third-order valence-electron chi connectivity index (χ3n) is 7.36. The molecular weight excluding hydrogens is 448 g/mol. The maximum Gasteiger partial charge on any atom is 0.326 e. The van der Waals surface area contributed by atoms with Crippen LogP contribution in [0.5, 0.6) is 0 Å². The standard InChI is InChI=1S/C23H28N2O5S2/c1-3-30-20(26)13-25-18-5-4-17(32(2,28)29)9-19(18)31-22(25)24-21(27)23-10-14-6-15(11-23)8-16(7-14)12-23/h4-5,9,14-16H,3,6-8,10-13H2,1-2H3. The van der Waals surface area contributed by atoms with Crippen LogP contribution >= 0.6 is 11.3 Å². The molecule has 2 aromatic rings. The SMILES string of the molecule is CCOC(=O)Cn1c(=NC(=O)C23CC4CC(CC(C4)C2)C3)sc2cc(S(C)(=O)=O)ccc21. The largest absolute Gasteiger partial charge is 0.465 e. The first-order chi connectivity index (χ1) is 15.2. The molecule has 32 heavy (non-hydrogen) atoms. The Morgan fingerprint density at radius 3 is 2.34 bits per heavy atom. The molecule has 0 N–H and O–H groups in total. The maximum absolute atomic E-state index is 13.5. The van der Waals surface area contributed by atoms with Crippen molar-refractivity contribution in [2.75, 3.05) is 12.9 Å². The summed E-state index contributed by atoms with van der Waals surface area (Å²) < 4.78 is 31.5. The molecule has 172 valence electrons. The van der Waals surface area contributed by atoms with Crippen LogP contribution in [0.4, 0.5) is 0 Å². The number of nitrogens with zero attached hydrogens (tertiary/aromatic N) is 2. The van der Waals surface area contributed by atoms with Crippen LogP contribution < -0.4 is 4.80 Å². The summed E-state index contributed by atoms with van der Waals surface area (Å²) >= 11 is 1.25. The quantitative estimate of drug-likeness (QED) is 0.617. The topological polar surface area (TPSA) is 94.8 Å². The number of ether oxygens (including phenoxy) is 1. The molecule has 6 rings (SSSR count). The molecule has 4 fully saturated rings. The van der Waals surface area contributed by atoms with Gasteiger partial charge in [0.15, 0.2) is 14.6 Å². The minimum atomic E-state index is -3.38. The normalized spacial score (nSPS) is 29.6. The Balaban J connectivity index is 1.59. The van der Waals surface area contributed by atoms with Crippen LogP contribution in [0.15, 0.2) is 28.1 Å². The van der Waals surface area contributed by atoms with E-state index >= 15 is 0 Å². The van der Waals surface area contributed by atoms with Crippen LogP contribution in [0.1, 0.15) is 45.4 Å². The van der Waals surface area contributed by atoms with E-state index in [4.69, 9.17) is 4.74 Å². The molecular formula is C23H28N2O5S2. The molecule has 1 heterocycles. The Labute approximate surface area is 191 Å². The van der Waals surface area contributed by atoms with Crippen molar-refractivity contribution in [3.63, 3.8) is 0 Å². The Morgan fingerprint density at radius 2 is 1.78 bits per heavy atom. The van der Waals surface area contributed by atoms with Gasteiger partial charge < -0.3 is 9.30 Å². The van der Waals surface area contributed by atoms with E-state index in [0.717, 1.165) is 25.5 Å². The highest BCUT2D eigenvalue weighted by Crippen LogP contribution is 2.60. The predicted molar refractivity (Wildman–Crippen MR) is 121 cm³/mol. The first-order valence-corrected chi connectivity index (χ1v) is 14.0. The second-order valence-corrected chi connectivity index (χ2v) is 12.8. The number of aromatic nitrogens is 1. The molecule has 7 nitrogen and oxygen atoms in total. The minimum Gasteiger partial charge on any atom is -0.465 e. The Hall–Kier alpha value is -2.00. The van der Waals surface area contributed by atoms with Gasteiger partial charge in [-0.3, -0.25) is 9.59 Å². The summed E-state index contributed by atoms with van der Waals surface area (Å²) in [7, 11) is -3.38. The average molecular weight is 477 g/mol. The minimum absolute atomic E-state index is 0.0704. The van der Waals surface area contributed by atoms with Gasteiger partial charge in [0, 0.05) is 6.26 Å². The smallest absolute Gasteiger partial charge is 0.326 e. The van der Waals surface area contributed by atoms with E-state index in [0.29, 0.717) is 32.8 Å². The first kappa shape index (κ1) is 21.8. The molecule has 1 aromatic carbocycles. The highest BCUT2D eigenvalue weighted by atomic mass is 32.2. The lowest BCUT2D eigenvalue weighted by molar-refractivity contribution is -0.144. The van der Waals surface area contributed by atoms with Crippen molar-refractivity contribution in [1.29, 1.82) is 0 Å². The fraction of sp³-hybridized carbons (Fsp3) is 0.609. The molecule has 4 bridgehead atoms. The summed E-state index contributed by atoms with van der Waals surface area (Å²) in [4.78, 5) is 31.0. The Kier molecular flexibility index (Phi) is 5.32. The lowest BCUT2D eigenvalue weighted by atomic mass is 9.49. The van der Waals surface area contributed by atoms with E-state index in [1.165, 1.54) is 36.7 Å². The van der Waals surface area contributed by atoms with E-state index in [9.17, 15) is 18.0 Å². The van der Waals surface area contributed by atoms with Gasteiger partial charge in [-0.2, -0.15) is 4.99 Å². The predicted octanol–water partition coefficient (Wildman–Crippen LogP) is 3.31. The molecule has 0 unspecified atom stereocenters. The zero-order valence-corrected chi connectivity index (χ0v) is 20.0. The summed E-state index contributed by atoms with van der Waals surface area (Å²) in [5, 5.41) is 0. The number of hydrogen-bond donors (Lipinski definition) is 0. The van der Waals surface area contributed by atoms with E-state index < -0.39 is 15.8 Å². The molecule has 0 aliphatic heterocycles. The number of amides is 1. The van der Waals surface area contributed by atoms with Crippen LogP contribution in [0.2, 0.25) is 0 Å². The summed E-state index contributed by atoms with van der Waals surface area (Å²) in [5.74, 6) is 1.40. The number of carbonyl (C=O) groups excluding carboxylic acids is 2. The number of benzene rings is 1. The van der Waals surface area contributed by atoms with Crippen molar-refractivity contribution in [3.8, 4) is 0 Å². The average Bonchev–Trinajstić information content (AvgIpc) is 3.03. The monoisotopic (exact) mass is 476 g/mol. The molecule has 0 atom stereocenters. The zero-order valence-electron chi connectivity index (χ0n) is 18.4. The van der Waals surface area contributed by atoms with Gasteiger partial charge >= 0.3 is 5.97 Å². The second kappa shape index (κ2) is 7.80. The molecule has 4 aliphatic rings. The number of hydrogen-bond acceptors (Lipinski definition) is 6. The van der Waals surface area contributed by atoms with Crippen LogP contribution in [0.25, 0.3) is 10.2 Å². The third-order valence-corrected chi connectivity index (χ3v) is 9.52. The summed E-state index contributed by atoms with van der Waals surface area (Å²) in [6.07, 6.45) is 7.65. The van der Waals surface area contributed by atoms with Gasteiger partial charge in [-0.05, 0) is 81.4 Å². The number of carbonyl (C=O) groups is 2. The lowest BCUT2D eigenvalue weighted by Crippen LogP contribution is -2.50. The van der Waals surface area contributed by atoms with Gasteiger partial charge in [-0.25, -0.2) is 8.42 Å². The van der Waals surface area contributed by atoms with Gasteiger partial charge in [0.2, 0.25) is 0 Å². The third kappa shape index (κ3) is 3.83. The first-order valence-electron chi connectivity index (χ1n) is 11.2. The van der Waals surface area contributed by atoms with Crippen molar-refractivity contribution < 1.29 is 22.7 Å². The summed E-state index contributed by atoms with van der Waals surface area (Å²) in [6.45, 7) is 1.94. The van der Waals surface area contributed by atoms with Crippen LogP contribution in [-0.2, 0) is 30.7 Å². The number of sulfone groups is 1. The summed E-state index contributed by atoms with van der Waals surface area (Å²) in [5.41, 5.74) is 0.303. The van der Waals surface area contributed by atoms with Gasteiger partial charge in [-0.15, -0.1) is 0 Å². The molecule has 0 spiro atoms. The number of esters is 1. The second-order valence-electron chi connectivity index (χ2n) is 9.79. The number of thiazole rings is 1. The van der Waals surface area contributed by atoms with Crippen LogP contribution in [-0.4, -0.2) is 37.7 Å². The van der Waals surface area contributed by atoms with Gasteiger partial charge in [0.1, 0.15) is 6.54 Å². The van der Waals surface area contributed by atoms with Gasteiger partial charge in [0.05, 0.1) is 27.1 Å². The van der Waals surface area contributed by atoms with Gasteiger partial charge in [-0.1, -0.05) is 11.3 Å².